The first-order valence-corrected chi connectivity index (χ1v) is 13.3. The van der Waals surface area contributed by atoms with E-state index in [4.69, 9.17) is 4.74 Å². The first kappa shape index (κ1) is 26.1. The van der Waals surface area contributed by atoms with Gasteiger partial charge in [-0.2, -0.15) is 0 Å². The highest BCUT2D eigenvalue weighted by atomic mass is 79.9. The average Bonchev–Trinajstić information content (AvgIpc) is 3.38. The summed E-state index contributed by atoms with van der Waals surface area (Å²) in [5, 5.41) is 16.4. The maximum atomic E-state index is 14.1. The van der Waals surface area contributed by atoms with Gasteiger partial charge in [0.15, 0.2) is 0 Å². The zero-order valence-electron chi connectivity index (χ0n) is 20.8. The van der Waals surface area contributed by atoms with Crippen molar-refractivity contribution in [1.29, 1.82) is 0 Å². The summed E-state index contributed by atoms with van der Waals surface area (Å²) in [6.45, 7) is 7.82. The number of ether oxygens (including phenoxy) is 1. The quantitative estimate of drug-likeness (QED) is 0.428. The first-order valence-electron chi connectivity index (χ1n) is 12.4. The van der Waals surface area contributed by atoms with Gasteiger partial charge in [0.25, 0.3) is 0 Å². The third-order valence-electron chi connectivity index (χ3n) is 7.24. The van der Waals surface area contributed by atoms with Crippen LogP contribution >= 0.6 is 15.9 Å². The van der Waals surface area contributed by atoms with E-state index in [2.05, 4.69) is 26.6 Å². The monoisotopic (exact) mass is 549 g/mol. The maximum absolute atomic E-state index is 14.1. The van der Waals surface area contributed by atoms with E-state index in [9.17, 15) is 19.5 Å². The Morgan fingerprint density at radius 1 is 1.26 bits per heavy atom. The normalized spacial score (nSPS) is 32.5. The molecule has 1 aromatic rings. The number of amides is 3. The number of rotatable bonds is 8. The first-order chi connectivity index (χ1) is 16.5. The number of hydrogen-bond donors (Lipinski definition) is 3. The number of fused-ring (bicyclic) bond motifs is 1. The second-order valence-electron chi connectivity index (χ2n) is 11.0. The van der Waals surface area contributed by atoms with Crippen LogP contribution in [0.4, 0.5) is 0 Å². The van der Waals surface area contributed by atoms with E-state index in [0.29, 0.717) is 19.4 Å². The lowest BCUT2D eigenvalue weighted by Crippen LogP contribution is -2.61. The van der Waals surface area contributed by atoms with E-state index in [1.165, 1.54) is 4.90 Å². The SMILES string of the molecule is CCCNC(=O)[C@H]1[C@H]2C(=O)N([C@@H](CO)Cc3ccccc3)C(C(=O)NC(C)(C)C)C23CC(Br)[C@@H]1O3. The second kappa shape index (κ2) is 9.82. The van der Waals surface area contributed by atoms with E-state index >= 15 is 0 Å². The van der Waals surface area contributed by atoms with Gasteiger partial charge >= 0.3 is 0 Å². The number of likely N-dealkylation sites (tertiary alicyclic amines) is 1. The molecule has 4 rings (SSSR count). The fraction of sp³-hybridized carbons (Fsp3) is 0.654. The minimum atomic E-state index is -1.14. The van der Waals surface area contributed by atoms with Crippen molar-refractivity contribution in [3.63, 3.8) is 0 Å². The molecule has 3 unspecified atom stereocenters. The molecular weight excluding hydrogens is 514 g/mol. The van der Waals surface area contributed by atoms with Crippen molar-refractivity contribution in [3.8, 4) is 0 Å². The van der Waals surface area contributed by atoms with E-state index in [1.54, 1.807) is 0 Å². The number of carbonyl (C=O) groups excluding carboxylic acids is 3. The number of carbonyl (C=O) groups is 3. The molecule has 7 atom stereocenters. The maximum Gasteiger partial charge on any atom is 0.246 e. The van der Waals surface area contributed by atoms with E-state index in [1.807, 2.05) is 58.0 Å². The fourth-order valence-electron chi connectivity index (χ4n) is 6.00. The summed E-state index contributed by atoms with van der Waals surface area (Å²) in [5.74, 6) is -2.32. The summed E-state index contributed by atoms with van der Waals surface area (Å²) in [5.41, 5.74) is -0.717. The molecule has 0 aromatic heterocycles. The molecule has 0 aliphatic carbocycles. The molecular formula is C26H36BrN3O5. The minimum absolute atomic E-state index is 0.157. The lowest BCUT2D eigenvalue weighted by Gasteiger charge is -2.38. The standard InChI is InChI=1S/C26H36BrN3O5/c1-5-11-28-22(32)18-19-24(34)30(16(14-31)12-15-9-7-6-8-10-15)21(23(33)29-25(2,3)4)26(19)13-17(27)20(18)35-26/h6-10,16-21,31H,5,11-14H2,1-4H3,(H,28,32)(H,29,33)/t16-,17?,18+,19+,20+,21?,26?/m1/s1. The number of nitrogens with zero attached hydrogens (tertiary/aromatic N) is 1. The van der Waals surface area contributed by atoms with Gasteiger partial charge in [-0.25, -0.2) is 0 Å². The van der Waals surface area contributed by atoms with Gasteiger partial charge in [0.05, 0.1) is 30.6 Å². The molecule has 1 aromatic carbocycles. The molecule has 192 valence electrons. The van der Waals surface area contributed by atoms with Crippen LogP contribution in [0, 0.1) is 11.8 Å². The van der Waals surface area contributed by atoms with E-state index in [-0.39, 0.29) is 29.2 Å². The van der Waals surface area contributed by atoms with Crippen LogP contribution in [0.15, 0.2) is 30.3 Å². The Morgan fingerprint density at radius 3 is 2.54 bits per heavy atom. The van der Waals surface area contributed by atoms with Gasteiger partial charge in [0.2, 0.25) is 17.7 Å². The van der Waals surface area contributed by atoms with Crippen LogP contribution in [0.2, 0.25) is 0 Å². The number of benzene rings is 1. The Bertz CT molecular complexity index is 967. The number of aliphatic hydroxyl groups excluding tert-OH is 1. The summed E-state index contributed by atoms with van der Waals surface area (Å²) in [7, 11) is 0. The van der Waals surface area contributed by atoms with Crippen LogP contribution in [0.25, 0.3) is 0 Å². The van der Waals surface area contributed by atoms with Crippen LogP contribution in [-0.4, -0.2) is 75.0 Å². The molecule has 0 radical (unpaired) electrons. The van der Waals surface area contributed by atoms with Gasteiger partial charge in [0, 0.05) is 16.9 Å². The Kier molecular flexibility index (Phi) is 7.33. The number of nitrogens with one attached hydrogen (secondary N) is 2. The molecule has 0 saturated carbocycles. The van der Waals surface area contributed by atoms with Gasteiger partial charge in [0.1, 0.15) is 11.6 Å². The molecule has 35 heavy (non-hydrogen) atoms. The van der Waals surface area contributed by atoms with E-state index in [0.717, 1.165) is 12.0 Å². The highest BCUT2D eigenvalue weighted by Gasteiger charge is 2.77. The van der Waals surface area contributed by atoms with Gasteiger partial charge in [-0.15, -0.1) is 0 Å². The Hall–Kier alpha value is -1.97. The third kappa shape index (κ3) is 4.62. The highest BCUT2D eigenvalue weighted by molar-refractivity contribution is 9.09. The number of alkyl halides is 1. The fourth-order valence-corrected chi connectivity index (χ4v) is 6.94. The molecule has 8 nitrogen and oxygen atoms in total. The second-order valence-corrected chi connectivity index (χ2v) is 12.1. The van der Waals surface area contributed by atoms with Crippen molar-refractivity contribution in [2.45, 2.75) is 81.1 Å². The topological polar surface area (TPSA) is 108 Å². The third-order valence-corrected chi connectivity index (χ3v) is 8.09. The van der Waals surface area contributed by atoms with Crippen molar-refractivity contribution in [3.05, 3.63) is 35.9 Å². The van der Waals surface area contributed by atoms with Crippen molar-refractivity contribution in [2.24, 2.45) is 11.8 Å². The smallest absolute Gasteiger partial charge is 0.246 e. The van der Waals surface area contributed by atoms with Crippen LogP contribution in [0.1, 0.15) is 46.1 Å². The number of aliphatic hydroxyl groups is 1. The molecule has 3 saturated heterocycles. The summed E-state index contributed by atoms with van der Waals surface area (Å²) in [6, 6.07) is 8.00. The van der Waals surface area contributed by atoms with E-state index < -0.39 is 41.2 Å². The lowest BCUT2D eigenvalue weighted by molar-refractivity contribution is -0.146. The predicted molar refractivity (Wildman–Crippen MR) is 135 cm³/mol. The molecule has 3 amide bonds. The number of halogens is 1. The van der Waals surface area contributed by atoms with Crippen LogP contribution < -0.4 is 10.6 Å². The molecule has 1 spiro atoms. The Labute approximate surface area is 215 Å². The molecule has 3 aliphatic heterocycles. The summed E-state index contributed by atoms with van der Waals surface area (Å²) in [6.07, 6.45) is 1.11. The Balaban J connectivity index is 1.76. The van der Waals surface area contributed by atoms with Crippen molar-refractivity contribution in [2.75, 3.05) is 13.2 Å². The molecule has 3 N–H and O–H groups in total. The predicted octanol–water partition coefficient (Wildman–Crippen LogP) is 1.78. The Morgan fingerprint density at radius 2 is 1.94 bits per heavy atom. The van der Waals surface area contributed by atoms with Crippen LogP contribution in [-0.2, 0) is 25.5 Å². The average molecular weight is 550 g/mol. The molecule has 3 aliphatic rings. The van der Waals surface area contributed by atoms with Crippen molar-refractivity contribution in [1.82, 2.24) is 15.5 Å². The summed E-state index contributed by atoms with van der Waals surface area (Å²) in [4.78, 5) is 42.5. The van der Waals surface area contributed by atoms with Crippen LogP contribution in [0.5, 0.6) is 0 Å². The van der Waals surface area contributed by atoms with Crippen molar-refractivity contribution >= 4 is 33.7 Å². The van der Waals surface area contributed by atoms with Gasteiger partial charge in [-0.05, 0) is 45.6 Å². The van der Waals surface area contributed by atoms with Gasteiger partial charge in [-0.1, -0.05) is 53.2 Å². The molecule has 3 heterocycles. The zero-order chi connectivity index (χ0) is 25.5. The van der Waals surface area contributed by atoms with Crippen LogP contribution in [0.3, 0.4) is 0 Å². The van der Waals surface area contributed by atoms with Gasteiger partial charge in [-0.3, -0.25) is 14.4 Å². The lowest BCUT2D eigenvalue weighted by atomic mass is 9.70. The molecule has 9 heteroatoms. The number of hydrogen-bond acceptors (Lipinski definition) is 5. The van der Waals surface area contributed by atoms with Gasteiger partial charge < -0.3 is 25.4 Å². The molecule has 2 bridgehead atoms. The highest BCUT2D eigenvalue weighted by Crippen LogP contribution is 2.60. The zero-order valence-corrected chi connectivity index (χ0v) is 22.4. The largest absolute Gasteiger partial charge is 0.394 e. The van der Waals surface area contributed by atoms with Crippen molar-refractivity contribution < 1.29 is 24.2 Å². The molecule has 3 fully saturated rings. The summed E-state index contributed by atoms with van der Waals surface area (Å²) < 4.78 is 6.49. The minimum Gasteiger partial charge on any atom is -0.394 e. The summed E-state index contributed by atoms with van der Waals surface area (Å²) >= 11 is 3.67.